The second-order valence-corrected chi connectivity index (χ2v) is 6.06. The Morgan fingerprint density at radius 3 is 2.53 bits per heavy atom. The van der Waals surface area contributed by atoms with Gasteiger partial charge in [0.15, 0.2) is 0 Å². The number of hydrogen-bond acceptors (Lipinski definition) is 3. The minimum atomic E-state index is 0.0390. The van der Waals surface area contributed by atoms with Gasteiger partial charge in [0.2, 0.25) is 0 Å². The Labute approximate surface area is 123 Å². The van der Waals surface area contributed by atoms with Crippen LogP contribution in [-0.2, 0) is 6.61 Å². The molecule has 1 fully saturated rings. The number of aliphatic hydroxyl groups is 2. The molecule has 3 nitrogen and oxygen atoms in total. The highest BCUT2D eigenvalue weighted by atomic mass is 79.9. The molecule has 1 aliphatic carbocycles. The quantitative estimate of drug-likeness (QED) is 0.873. The Kier molecular flexibility index (Phi) is 5.67. The average Bonchev–Trinajstić information content (AvgIpc) is 2.45. The maximum atomic E-state index is 9.52. The van der Waals surface area contributed by atoms with Gasteiger partial charge in [-0.25, -0.2) is 0 Å². The van der Waals surface area contributed by atoms with E-state index in [0.29, 0.717) is 12.6 Å². The Morgan fingerprint density at radius 1 is 1.16 bits per heavy atom. The van der Waals surface area contributed by atoms with E-state index in [1.54, 1.807) is 0 Å². The summed E-state index contributed by atoms with van der Waals surface area (Å²) >= 11 is 3.50. The predicted molar refractivity (Wildman–Crippen MR) is 81.4 cm³/mol. The number of halogens is 1. The summed E-state index contributed by atoms with van der Waals surface area (Å²) in [5.74, 6) is 0. The molecule has 1 aromatic rings. The Hall–Kier alpha value is -0.580. The summed E-state index contributed by atoms with van der Waals surface area (Å²) in [6, 6.07) is 6.44. The normalized spacial score (nSPS) is 16.6. The molecule has 1 saturated carbocycles. The van der Waals surface area contributed by atoms with Crippen molar-refractivity contribution in [1.82, 2.24) is 0 Å². The molecule has 0 spiro atoms. The fourth-order valence-corrected chi connectivity index (χ4v) is 3.29. The van der Waals surface area contributed by atoms with E-state index in [0.717, 1.165) is 15.7 Å². The fourth-order valence-electron chi connectivity index (χ4n) is 2.94. The topological polar surface area (TPSA) is 43.7 Å². The highest BCUT2D eigenvalue weighted by Crippen LogP contribution is 2.31. The highest BCUT2D eigenvalue weighted by Gasteiger charge is 2.22. The molecule has 0 aromatic heterocycles. The van der Waals surface area contributed by atoms with E-state index >= 15 is 0 Å². The maximum Gasteiger partial charge on any atom is 0.0702 e. The third-order valence-corrected chi connectivity index (χ3v) is 4.38. The number of nitrogens with zero attached hydrogens (tertiary/aromatic N) is 1. The molecule has 106 valence electrons. The lowest BCUT2D eigenvalue weighted by atomic mass is 9.93. The third-order valence-electron chi connectivity index (χ3n) is 3.88. The van der Waals surface area contributed by atoms with Crippen LogP contribution in [0.5, 0.6) is 0 Å². The van der Waals surface area contributed by atoms with Gasteiger partial charge in [-0.3, -0.25) is 0 Å². The number of aliphatic hydroxyl groups excluding tert-OH is 2. The van der Waals surface area contributed by atoms with E-state index in [2.05, 4.69) is 26.9 Å². The zero-order chi connectivity index (χ0) is 13.7. The molecule has 0 saturated heterocycles. The van der Waals surface area contributed by atoms with Crippen LogP contribution in [0.15, 0.2) is 22.7 Å². The van der Waals surface area contributed by atoms with Crippen LogP contribution in [0.2, 0.25) is 0 Å². The van der Waals surface area contributed by atoms with Crippen molar-refractivity contribution in [3.63, 3.8) is 0 Å². The summed E-state index contributed by atoms with van der Waals surface area (Å²) in [6.45, 7) is 0.819. The summed E-state index contributed by atoms with van der Waals surface area (Å²) in [6.07, 6.45) is 6.19. The molecular weight excluding hydrogens is 306 g/mol. The molecule has 1 aromatic carbocycles. The second-order valence-electron chi connectivity index (χ2n) is 5.14. The maximum absolute atomic E-state index is 9.52. The monoisotopic (exact) mass is 327 g/mol. The van der Waals surface area contributed by atoms with Crippen LogP contribution in [-0.4, -0.2) is 29.4 Å². The Bertz CT molecular complexity index is 405. The van der Waals surface area contributed by atoms with Crippen molar-refractivity contribution in [2.75, 3.05) is 18.1 Å². The smallest absolute Gasteiger partial charge is 0.0702 e. The molecule has 0 atom stereocenters. The zero-order valence-electron chi connectivity index (χ0n) is 11.2. The van der Waals surface area contributed by atoms with Crippen molar-refractivity contribution in [1.29, 1.82) is 0 Å². The summed E-state index contributed by atoms with van der Waals surface area (Å²) in [4.78, 5) is 2.27. The molecule has 0 amide bonds. The molecule has 2 rings (SSSR count). The first-order valence-corrected chi connectivity index (χ1v) is 7.82. The SMILES string of the molecule is OCCN(c1cc(Br)ccc1CO)C1CCCCC1. The lowest BCUT2D eigenvalue weighted by Gasteiger charge is -2.37. The van der Waals surface area contributed by atoms with E-state index in [4.69, 9.17) is 0 Å². The van der Waals surface area contributed by atoms with Crippen LogP contribution < -0.4 is 4.90 Å². The average molecular weight is 328 g/mol. The number of anilines is 1. The Morgan fingerprint density at radius 2 is 1.89 bits per heavy atom. The fraction of sp³-hybridized carbons (Fsp3) is 0.600. The van der Waals surface area contributed by atoms with E-state index in [1.165, 1.54) is 32.1 Å². The van der Waals surface area contributed by atoms with Gasteiger partial charge in [-0.2, -0.15) is 0 Å². The molecular formula is C15H22BrNO2. The summed E-state index contributed by atoms with van der Waals surface area (Å²) in [7, 11) is 0. The van der Waals surface area contributed by atoms with Gasteiger partial charge in [-0.05, 0) is 25.0 Å². The van der Waals surface area contributed by atoms with Crippen molar-refractivity contribution in [2.45, 2.75) is 44.8 Å². The van der Waals surface area contributed by atoms with Crippen molar-refractivity contribution >= 4 is 21.6 Å². The lowest BCUT2D eigenvalue weighted by Crippen LogP contribution is -2.39. The van der Waals surface area contributed by atoms with Crippen LogP contribution in [0, 0.1) is 0 Å². The van der Waals surface area contributed by atoms with Crippen molar-refractivity contribution in [2.24, 2.45) is 0 Å². The summed E-state index contributed by atoms with van der Waals surface area (Å²) in [5, 5.41) is 18.9. The van der Waals surface area contributed by atoms with Crippen LogP contribution in [0.1, 0.15) is 37.7 Å². The van der Waals surface area contributed by atoms with Crippen LogP contribution in [0.4, 0.5) is 5.69 Å². The van der Waals surface area contributed by atoms with E-state index in [1.807, 2.05) is 12.1 Å². The highest BCUT2D eigenvalue weighted by molar-refractivity contribution is 9.10. The van der Waals surface area contributed by atoms with Crippen molar-refractivity contribution in [3.8, 4) is 0 Å². The molecule has 0 bridgehead atoms. The minimum Gasteiger partial charge on any atom is -0.395 e. The standard InChI is InChI=1S/C15H22BrNO2/c16-13-7-6-12(11-19)15(10-13)17(8-9-18)14-4-2-1-3-5-14/h6-7,10,14,18-19H,1-5,8-9,11H2. The van der Waals surface area contributed by atoms with Gasteiger partial charge >= 0.3 is 0 Å². The van der Waals surface area contributed by atoms with E-state index < -0.39 is 0 Å². The molecule has 0 unspecified atom stereocenters. The number of rotatable bonds is 5. The minimum absolute atomic E-state index is 0.0390. The van der Waals surface area contributed by atoms with E-state index in [9.17, 15) is 10.2 Å². The van der Waals surface area contributed by atoms with Gasteiger partial charge in [0.1, 0.15) is 0 Å². The summed E-state index contributed by atoms with van der Waals surface area (Å²) in [5.41, 5.74) is 1.99. The predicted octanol–water partition coefficient (Wildman–Crippen LogP) is 3.07. The Balaban J connectivity index is 2.28. The summed E-state index contributed by atoms with van der Waals surface area (Å²) < 4.78 is 1.01. The van der Waals surface area contributed by atoms with Crippen LogP contribution >= 0.6 is 15.9 Å². The number of hydrogen-bond donors (Lipinski definition) is 2. The number of benzene rings is 1. The van der Waals surface area contributed by atoms with Gasteiger partial charge in [0.25, 0.3) is 0 Å². The van der Waals surface area contributed by atoms with Gasteiger partial charge in [0.05, 0.1) is 13.2 Å². The first-order chi connectivity index (χ1) is 9.26. The molecule has 0 aliphatic heterocycles. The first kappa shape index (κ1) is 14.8. The lowest BCUT2D eigenvalue weighted by molar-refractivity contribution is 0.277. The van der Waals surface area contributed by atoms with Crippen molar-refractivity contribution in [3.05, 3.63) is 28.2 Å². The van der Waals surface area contributed by atoms with E-state index in [-0.39, 0.29) is 13.2 Å². The second kappa shape index (κ2) is 7.27. The zero-order valence-corrected chi connectivity index (χ0v) is 12.8. The molecule has 0 heterocycles. The van der Waals surface area contributed by atoms with Gasteiger partial charge in [0, 0.05) is 28.3 Å². The molecule has 4 heteroatoms. The van der Waals surface area contributed by atoms with Gasteiger partial charge in [-0.1, -0.05) is 41.3 Å². The molecule has 19 heavy (non-hydrogen) atoms. The third kappa shape index (κ3) is 3.71. The largest absolute Gasteiger partial charge is 0.395 e. The van der Waals surface area contributed by atoms with Crippen LogP contribution in [0.25, 0.3) is 0 Å². The van der Waals surface area contributed by atoms with Gasteiger partial charge < -0.3 is 15.1 Å². The van der Waals surface area contributed by atoms with Crippen molar-refractivity contribution < 1.29 is 10.2 Å². The molecule has 0 radical (unpaired) electrons. The molecule has 1 aliphatic rings. The molecule has 2 N–H and O–H groups in total. The van der Waals surface area contributed by atoms with Gasteiger partial charge in [-0.15, -0.1) is 0 Å². The first-order valence-electron chi connectivity index (χ1n) is 7.03. The van der Waals surface area contributed by atoms with Crippen LogP contribution in [0.3, 0.4) is 0 Å².